The summed E-state index contributed by atoms with van der Waals surface area (Å²) in [5.41, 5.74) is 2.56. The highest BCUT2D eigenvalue weighted by Gasteiger charge is 2.23. The Morgan fingerprint density at radius 1 is 1.04 bits per heavy atom. The van der Waals surface area contributed by atoms with Gasteiger partial charge in [-0.25, -0.2) is 4.79 Å². The van der Waals surface area contributed by atoms with Crippen LogP contribution in [0.4, 0.5) is 21.9 Å². The standard InChI is InChI=1S/C19H22ClN3O2/c1-13-12-25-14(2)11-23(13)18-9-7-17(8-10-18)22-19(24)21-16-5-3-15(20)4-6-16/h3-10,13-14H,11-12H2,1-2H3,(H2,21,22,24). The van der Waals surface area contributed by atoms with Crippen molar-refractivity contribution in [3.63, 3.8) is 0 Å². The topological polar surface area (TPSA) is 53.6 Å². The molecule has 3 rings (SSSR count). The number of anilines is 3. The quantitative estimate of drug-likeness (QED) is 0.842. The van der Waals surface area contributed by atoms with Crippen molar-refractivity contribution in [2.45, 2.75) is 26.0 Å². The van der Waals surface area contributed by atoms with Gasteiger partial charge in [0.05, 0.1) is 12.7 Å². The predicted molar refractivity (Wildman–Crippen MR) is 103 cm³/mol. The van der Waals surface area contributed by atoms with Crippen molar-refractivity contribution in [2.24, 2.45) is 0 Å². The van der Waals surface area contributed by atoms with Crippen LogP contribution in [-0.2, 0) is 4.74 Å². The lowest BCUT2D eigenvalue weighted by atomic mass is 10.1. The molecule has 0 bridgehead atoms. The van der Waals surface area contributed by atoms with Crippen LogP contribution >= 0.6 is 11.6 Å². The zero-order valence-corrected chi connectivity index (χ0v) is 15.1. The Kier molecular flexibility index (Phi) is 5.46. The van der Waals surface area contributed by atoms with Crippen LogP contribution in [0.2, 0.25) is 5.02 Å². The lowest BCUT2D eigenvalue weighted by Crippen LogP contribution is -2.47. The minimum Gasteiger partial charge on any atom is -0.375 e. The molecule has 0 aromatic heterocycles. The number of ether oxygens (including phenoxy) is 1. The fourth-order valence-electron chi connectivity index (χ4n) is 2.83. The summed E-state index contributed by atoms with van der Waals surface area (Å²) in [6, 6.07) is 14.9. The maximum absolute atomic E-state index is 12.1. The first kappa shape index (κ1) is 17.6. The van der Waals surface area contributed by atoms with Crippen molar-refractivity contribution in [3.8, 4) is 0 Å². The van der Waals surface area contributed by atoms with Crippen LogP contribution in [0.5, 0.6) is 0 Å². The van der Waals surface area contributed by atoms with Gasteiger partial charge in [0.2, 0.25) is 0 Å². The van der Waals surface area contributed by atoms with E-state index in [1.165, 1.54) is 0 Å². The zero-order chi connectivity index (χ0) is 17.8. The molecule has 2 aromatic rings. The minimum absolute atomic E-state index is 0.221. The first-order chi connectivity index (χ1) is 12.0. The van der Waals surface area contributed by atoms with Crippen molar-refractivity contribution in [1.29, 1.82) is 0 Å². The van der Waals surface area contributed by atoms with Gasteiger partial charge in [-0.3, -0.25) is 0 Å². The van der Waals surface area contributed by atoms with E-state index in [1.54, 1.807) is 24.3 Å². The lowest BCUT2D eigenvalue weighted by Gasteiger charge is -2.38. The fourth-order valence-corrected chi connectivity index (χ4v) is 2.95. The Labute approximate surface area is 152 Å². The number of urea groups is 1. The van der Waals surface area contributed by atoms with Crippen molar-refractivity contribution in [2.75, 3.05) is 28.7 Å². The zero-order valence-electron chi connectivity index (χ0n) is 14.3. The molecule has 5 nitrogen and oxygen atoms in total. The number of amides is 2. The van der Waals surface area contributed by atoms with E-state index in [4.69, 9.17) is 16.3 Å². The van der Waals surface area contributed by atoms with E-state index in [9.17, 15) is 4.79 Å². The third kappa shape index (κ3) is 4.65. The molecule has 1 aliphatic heterocycles. The van der Waals surface area contributed by atoms with Crippen LogP contribution in [0.25, 0.3) is 0 Å². The van der Waals surface area contributed by atoms with Gasteiger partial charge in [0.1, 0.15) is 0 Å². The van der Waals surface area contributed by atoms with Gasteiger partial charge in [-0.15, -0.1) is 0 Å². The van der Waals surface area contributed by atoms with Gasteiger partial charge in [0.25, 0.3) is 0 Å². The van der Waals surface area contributed by atoms with Gasteiger partial charge in [0, 0.05) is 34.7 Å². The maximum atomic E-state index is 12.1. The molecular weight excluding hydrogens is 338 g/mol. The molecule has 2 unspecified atom stereocenters. The van der Waals surface area contributed by atoms with E-state index in [-0.39, 0.29) is 12.1 Å². The number of nitrogens with one attached hydrogen (secondary N) is 2. The van der Waals surface area contributed by atoms with Crippen LogP contribution < -0.4 is 15.5 Å². The van der Waals surface area contributed by atoms with E-state index < -0.39 is 0 Å². The number of hydrogen-bond acceptors (Lipinski definition) is 3. The number of nitrogens with zero attached hydrogens (tertiary/aromatic N) is 1. The molecule has 132 valence electrons. The molecule has 1 saturated heterocycles. The second-order valence-corrected chi connectivity index (χ2v) is 6.71. The molecule has 0 aliphatic carbocycles. The highest BCUT2D eigenvalue weighted by Crippen LogP contribution is 2.23. The van der Waals surface area contributed by atoms with Crippen LogP contribution in [0.3, 0.4) is 0 Å². The second-order valence-electron chi connectivity index (χ2n) is 6.28. The molecule has 25 heavy (non-hydrogen) atoms. The molecule has 1 heterocycles. The summed E-state index contributed by atoms with van der Waals surface area (Å²) in [5, 5.41) is 6.23. The normalized spacial score (nSPS) is 20.2. The number of morpholine rings is 1. The molecule has 2 atom stereocenters. The van der Waals surface area contributed by atoms with Crippen LogP contribution in [0.15, 0.2) is 48.5 Å². The average molecular weight is 360 g/mol. The second kappa shape index (κ2) is 7.76. The Morgan fingerprint density at radius 3 is 2.20 bits per heavy atom. The van der Waals surface area contributed by atoms with E-state index in [2.05, 4.69) is 29.4 Å². The molecule has 2 aromatic carbocycles. The number of carbonyl (C=O) groups excluding carboxylic acids is 1. The number of benzene rings is 2. The predicted octanol–water partition coefficient (Wildman–Crippen LogP) is 4.60. The van der Waals surface area contributed by atoms with E-state index in [1.807, 2.05) is 24.3 Å². The molecule has 1 fully saturated rings. The highest BCUT2D eigenvalue weighted by atomic mass is 35.5. The molecule has 0 radical (unpaired) electrons. The van der Waals surface area contributed by atoms with Gasteiger partial charge in [-0.1, -0.05) is 11.6 Å². The third-order valence-corrected chi connectivity index (χ3v) is 4.42. The SMILES string of the molecule is CC1CN(c2ccc(NC(=O)Nc3ccc(Cl)cc3)cc2)C(C)CO1. The number of rotatable bonds is 3. The average Bonchev–Trinajstić information content (AvgIpc) is 2.60. The van der Waals surface area contributed by atoms with Crippen LogP contribution in [-0.4, -0.2) is 31.3 Å². The van der Waals surface area contributed by atoms with Crippen LogP contribution in [0.1, 0.15) is 13.8 Å². The smallest absolute Gasteiger partial charge is 0.323 e. The lowest BCUT2D eigenvalue weighted by molar-refractivity contribution is 0.0344. The summed E-state index contributed by atoms with van der Waals surface area (Å²) in [4.78, 5) is 14.4. The number of halogens is 1. The highest BCUT2D eigenvalue weighted by molar-refractivity contribution is 6.30. The van der Waals surface area contributed by atoms with Crippen molar-refractivity contribution < 1.29 is 9.53 Å². The molecule has 2 N–H and O–H groups in total. The maximum Gasteiger partial charge on any atom is 0.323 e. The Hall–Kier alpha value is -2.24. The number of hydrogen-bond donors (Lipinski definition) is 2. The minimum atomic E-state index is -0.288. The van der Waals surface area contributed by atoms with Gasteiger partial charge in [0.15, 0.2) is 0 Å². The summed E-state index contributed by atoms with van der Waals surface area (Å²) in [5.74, 6) is 0. The monoisotopic (exact) mass is 359 g/mol. The first-order valence-corrected chi connectivity index (χ1v) is 8.71. The molecular formula is C19H22ClN3O2. The van der Waals surface area contributed by atoms with Crippen molar-refractivity contribution in [1.82, 2.24) is 0 Å². The van der Waals surface area contributed by atoms with E-state index in [0.29, 0.717) is 16.8 Å². The summed E-state index contributed by atoms with van der Waals surface area (Å²) < 4.78 is 5.67. The molecule has 0 saturated carbocycles. The van der Waals surface area contributed by atoms with E-state index in [0.717, 1.165) is 24.5 Å². The third-order valence-electron chi connectivity index (χ3n) is 4.17. The molecule has 1 aliphatic rings. The van der Waals surface area contributed by atoms with Gasteiger partial charge in [-0.05, 0) is 62.4 Å². The first-order valence-electron chi connectivity index (χ1n) is 8.33. The Balaban J connectivity index is 1.60. The van der Waals surface area contributed by atoms with Gasteiger partial charge in [-0.2, -0.15) is 0 Å². The largest absolute Gasteiger partial charge is 0.375 e. The summed E-state index contributed by atoms with van der Waals surface area (Å²) in [6.07, 6.45) is 0.221. The van der Waals surface area contributed by atoms with Gasteiger partial charge < -0.3 is 20.3 Å². The Morgan fingerprint density at radius 2 is 1.60 bits per heavy atom. The summed E-state index contributed by atoms with van der Waals surface area (Å²) >= 11 is 5.84. The molecule has 6 heteroatoms. The summed E-state index contributed by atoms with van der Waals surface area (Å²) in [6.45, 7) is 5.82. The molecule has 2 amide bonds. The fraction of sp³-hybridized carbons (Fsp3) is 0.316. The van der Waals surface area contributed by atoms with Crippen LogP contribution in [0, 0.1) is 0 Å². The van der Waals surface area contributed by atoms with E-state index >= 15 is 0 Å². The number of carbonyl (C=O) groups is 1. The Bertz CT molecular complexity index is 718. The van der Waals surface area contributed by atoms with Crippen molar-refractivity contribution >= 4 is 34.7 Å². The van der Waals surface area contributed by atoms with Crippen molar-refractivity contribution in [3.05, 3.63) is 53.6 Å². The summed E-state index contributed by atoms with van der Waals surface area (Å²) in [7, 11) is 0. The van der Waals surface area contributed by atoms with Gasteiger partial charge >= 0.3 is 6.03 Å². The molecule has 0 spiro atoms.